The minimum absolute atomic E-state index is 0.244. The normalized spacial score (nSPS) is 12.9. The third-order valence-corrected chi connectivity index (χ3v) is 2.70. The highest BCUT2D eigenvalue weighted by atomic mass is 16.5. The number of esters is 1. The van der Waals surface area contributed by atoms with Crippen molar-refractivity contribution in [1.82, 2.24) is 0 Å². The van der Waals surface area contributed by atoms with E-state index in [2.05, 4.69) is 0 Å². The molecule has 0 aliphatic carbocycles. The molecule has 0 heterocycles. The van der Waals surface area contributed by atoms with Gasteiger partial charge in [-0.15, -0.1) is 0 Å². The van der Waals surface area contributed by atoms with Crippen LogP contribution in [0.15, 0.2) is 24.3 Å². The van der Waals surface area contributed by atoms with E-state index in [9.17, 15) is 9.90 Å². The van der Waals surface area contributed by atoms with Crippen LogP contribution in [0.4, 0.5) is 0 Å². The van der Waals surface area contributed by atoms with Crippen LogP contribution in [0, 0.1) is 5.41 Å². The predicted molar refractivity (Wildman–Crippen MR) is 68.4 cm³/mol. The molecule has 1 rings (SSSR count). The van der Waals surface area contributed by atoms with E-state index in [4.69, 9.17) is 9.47 Å². The Morgan fingerprint density at radius 1 is 1.33 bits per heavy atom. The zero-order valence-corrected chi connectivity index (χ0v) is 11.3. The molecule has 0 aliphatic heterocycles. The minimum Gasteiger partial charge on any atom is -0.492 e. The van der Waals surface area contributed by atoms with Gasteiger partial charge in [0, 0.05) is 0 Å². The van der Waals surface area contributed by atoms with Gasteiger partial charge < -0.3 is 14.6 Å². The summed E-state index contributed by atoms with van der Waals surface area (Å²) < 4.78 is 10.2. The van der Waals surface area contributed by atoms with Gasteiger partial charge in [0.05, 0.1) is 18.6 Å². The number of hydrogen-bond donors (Lipinski definition) is 1. The Kier molecular flexibility index (Phi) is 4.73. The standard InChI is InChI=1S/C14H20O4/c1-10(15)11-5-7-12(8-6-11)18-9-14(2,3)13(16)17-4/h5-8,10,15H,9H2,1-4H3/t10-/m1/s1. The lowest BCUT2D eigenvalue weighted by Gasteiger charge is -2.21. The van der Waals surface area contributed by atoms with Crippen molar-refractivity contribution in [2.75, 3.05) is 13.7 Å². The zero-order valence-electron chi connectivity index (χ0n) is 11.3. The monoisotopic (exact) mass is 252 g/mol. The lowest BCUT2D eigenvalue weighted by atomic mass is 9.95. The summed E-state index contributed by atoms with van der Waals surface area (Å²) in [7, 11) is 1.36. The van der Waals surface area contributed by atoms with Gasteiger partial charge in [0.15, 0.2) is 0 Å². The second-order valence-corrected chi connectivity index (χ2v) is 4.91. The van der Waals surface area contributed by atoms with Crippen LogP contribution in [0.1, 0.15) is 32.4 Å². The predicted octanol–water partition coefficient (Wildman–Crippen LogP) is 2.32. The van der Waals surface area contributed by atoms with Gasteiger partial charge in [-0.1, -0.05) is 12.1 Å². The van der Waals surface area contributed by atoms with Crippen LogP contribution in [0.5, 0.6) is 5.75 Å². The van der Waals surface area contributed by atoms with Crippen molar-refractivity contribution < 1.29 is 19.4 Å². The first-order chi connectivity index (χ1) is 8.36. The largest absolute Gasteiger partial charge is 0.492 e. The molecule has 0 fully saturated rings. The number of aliphatic hydroxyl groups excluding tert-OH is 1. The quantitative estimate of drug-likeness (QED) is 0.817. The molecule has 4 nitrogen and oxygen atoms in total. The van der Waals surface area contributed by atoms with Gasteiger partial charge in [0.25, 0.3) is 0 Å². The van der Waals surface area contributed by atoms with Crippen molar-refractivity contribution in [3.05, 3.63) is 29.8 Å². The first-order valence-corrected chi connectivity index (χ1v) is 5.86. The van der Waals surface area contributed by atoms with Crippen LogP contribution < -0.4 is 4.74 Å². The average molecular weight is 252 g/mol. The van der Waals surface area contributed by atoms with E-state index in [0.717, 1.165) is 5.56 Å². The summed E-state index contributed by atoms with van der Waals surface area (Å²) in [6, 6.07) is 7.14. The molecule has 1 atom stereocenters. The van der Waals surface area contributed by atoms with Crippen LogP contribution in [0.2, 0.25) is 0 Å². The van der Waals surface area contributed by atoms with Crippen LogP contribution in [0.25, 0.3) is 0 Å². The molecule has 18 heavy (non-hydrogen) atoms. The summed E-state index contributed by atoms with van der Waals surface area (Å²) in [6.07, 6.45) is -0.495. The highest BCUT2D eigenvalue weighted by Gasteiger charge is 2.29. The van der Waals surface area contributed by atoms with Gasteiger partial charge in [-0.05, 0) is 38.5 Å². The van der Waals surface area contributed by atoms with Crippen molar-refractivity contribution in [3.63, 3.8) is 0 Å². The van der Waals surface area contributed by atoms with Crippen LogP contribution >= 0.6 is 0 Å². The summed E-state index contributed by atoms with van der Waals surface area (Å²) in [5.41, 5.74) is 0.145. The van der Waals surface area contributed by atoms with Crippen molar-refractivity contribution in [1.29, 1.82) is 0 Å². The highest BCUT2D eigenvalue weighted by Crippen LogP contribution is 2.21. The Balaban J connectivity index is 2.61. The van der Waals surface area contributed by atoms with E-state index < -0.39 is 11.5 Å². The Hall–Kier alpha value is -1.55. The fourth-order valence-corrected chi connectivity index (χ4v) is 1.44. The summed E-state index contributed by atoms with van der Waals surface area (Å²) in [4.78, 5) is 11.5. The number of benzene rings is 1. The Morgan fingerprint density at radius 2 is 1.89 bits per heavy atom. The molecule has 0 spiro atoms. The van der Waals surface area contributed by atoms with Crippen molar-refractivity contribution in [3.8, 4) is 5.75 Å². The molecule has 0 radical (unpaired) electrons. The van der Waals surface area contributed by atoms with E-state index >= 15 is 0 Å². The molecular weight excluding hydrogens is 232 g/mol. The summed E-state index contributed by atoms with van der Waals surface area (Å²) in [6.45, 7) is 5.48. The number of carbonyl (C=O) groups excluding carboxylic acids is 1. The van der Waals surface area contributed by atoms with Crippen molar-refractivity contribution >= 4 is 5.97 Å². The molecule has 1 aromatic rings. The molecule has 0 saturated heterocycles. The smallest absolute Gasteiger partial charge is 0.314 e. The lowest BCUT2D eigenvalue weighted by Crippen LogP contribution is -2.32. The fraction of sp³-hybridized carbons (Fsp3) is 0.500. The second-order valence-electron chi connectivity index (χ2n) is 4.91. The van der Waals surface area contributed by atoms with E-state index in [1.807, 2.05) is 0 Å². The Labute approximate surface area is 108 Å². The molecule has 4 heteroatoms. The first-order valence-electron chi connectivity index (χ1n) is 5.86. The number of aliphatic hydroxyl groups is 1. The molecule has 0 saturated carbocycles. The minimum atomic E-state index is -0.683. The van der Waals surface area contributed by atoms with E-state index in [1.54, 1.807) is 45.0 Å². The van der Waals surface area contributed by atoms with Crippen LogP contribution in [0.3, 0.4) is 0 Å². The maximum Gasteiger partial charge on any atom is 0.314 e. The second kappa shape index (κ2) is 5.87. The fourth-order valence-electron chi connectivity index (χ4n) is 1.44. The lowest BCUT2D eigenvalue weighted by molar-refractivity contribution is -0.152. The van der Waals surface area contributed by atoms with E-state index in [-0.39, 0.29) is 12.6 Å². The molecule has 0 unspecified atom stereocenters. The highest BCUT2D eigenvalue weighted by molar-refractivity contribution is 5.75. The van der Waals surface area contributed by atoms with Gasteiger partial charge in [-0.2, -0.15) is 0 Å². The van der Waals surface area contributed by atoms with E-state index in [1.165, 1.54) is 7.11 Å². The van der Waals surface area contributed by atoms with Crippen LogP contribution in [-0.2, 0) is 9.53 Å². The molecule has 0 aromatic heterocycles. The van der Waals surface area contributed by atoms with Gasteiger partial charge >= 0.3 is 5.97 Å². The maximum absolute atomic E-state index is 11.5. The van der Waals surface area contributed by atoms with Gasteiger partial charge in [-0.25, -0.2) is 0 Å². The average Bonchev–Trinajstić information content (AvgIpc) is 2.35. The summed E-state index contributed by atoms with van der Waals surface area (Å²) in [5.74, 6) is 0.361. The molecule has 1 aromatic carbocycles. The summed E-state index contributed by atoms with van der Waals surface area (Å²) in [5, 5.41) is 9.38. The number of ether oxygens (including phenoxy) is 2. The van der Waals surface area contributed by atoms with Gasteiger partial charge in [0.2, 0.25) is 0 Å². The Morgan fingerprint density at radius 3 is 2.33 bits per heavy atom. The van der Waals surface area contributed by atoms with Crippen molar-refractivity contribution in [2.24, 2.45) is 5.41 Å². The van der Waals surface area contributed by atoms with Crippen molar-refractivity contribution in [2.45, 2.75) is 26.9 Å². The summed E-state index contributed by atoms with van der Waals surface area (Å²) >= 11 is 0. The maximum atomic E-state index is 11.5. The third-order valence-electron chi connectivity index (χ3n) is 2.70. The van der Waals surface area contributed by atoms with Crippen LogP contribution in [-0.4, -0.2) is 24.8 Å². The molecule has 0 aliphatic rings. The SMILES string of the molecule is COC(=O)C(C)(C)COc1ccc([C@@H](C)O)cc1. The first kappa shape index (κ1) is 14.5. The topological polar surface area (TPSA) is 55.8 Å². The number of hydrogen-bond acceptors (Lipinski definition) is 4. The van der Waals surface area contributed by atoms with E-state index in [0.29, 0.717) is 5.75 Å². The molecule has 100 valence electrons. The molecule has 1 N–H and O–H groups in total. The van der Waals surface area contributed by atoms with Gasteiger partial charge in [-0.3, -0.25) is 4.79 Å². The molecular formula is C14H20O4. The molecule has 0 bridgehead atoms. The number of rotatable bonds is 5. The Bertz CT molecular complexity index is 393. The van der Waals surface area contributed by atoms with Gasteiger partial charge in [0.1, 0.15) is 12.4 Å². The zero-order chi connectivity index (χ0) is 13.8. The third kappa shape index (κ3) is 3.74. The number of methoxy groups -OCH3 is 1. The number of carbonyl (C=O) groups is 1. The molecule has 0 amide bonds.